The van der Waals surface area contributed by atoms with Crippen LogP contribution < -0.4 is 10.1 Å². The third-order valence-corrected chi connectivity index (χ3v) is 6.45. The average molecular weight is 486 g/mol. The number of fused-ring (bicyclic) bond motifs is 1. The quantitative estimate of drug-likeness (QED) is 0.440. The molecule has 3 N–H and O–H groups in total. The largest absolute Gasteiger partial charge is 0.504 e. The first-order valence-corrected chi connectivity index (χ1v) is 11.5. The number of hydrogen-bond donors (Lipinski definition) is 3. The van der Waals surface area contributed by atoms with Gasteiger partial charge in [0.2, 0.25) is 0 Å². The topological polar surface area (TPSA) is 104 Å². The van der Waals surface area contributed by atoms with Crippen molar-refractivity contribution in [1.82, 2.24) is 15.2 Å². The molecule has 0 saturated carbocycles. The van der Waals surface area contributed by atoms with Crippen LogP contribution in [0.5, 0.6) is 11.5 Å². The summed E-state index contributed by atoms with van der Waals surface area (Å²) < 4.78 is 10.5. The summed E-state index contributed by atoms with van der Waals surface area (Å²) in [6.07, 6.45) is 0.398. The third kappa shape index (κ3) is 4.69. The minimum atomic E-state index is -0.548. The number of carbonyl (C=O) groups is 2. The van der Waals surface area contributed by atoms with E-state index in [0.717, 1.165) is 16.5 Å². The number of amides is 1. The van der Waals surface area contributed by atoms with Crippen LogP contribution in [0.3, 0.4) is 0 Å². The maximum absolute atomic E-state index is 13.1. The number of halogens is 1. The molecule has 180 valence electrons. The number of nitrogens with zero attached hydrogens (tertiary/aromatic N) is 1. The van der Waals surface area contributed by atoms with Crippen LogP contribution in [0.4, 0.5) is 0 Å². The van der Waals surface area contributed by atoms with Gasteiger partial charge in [0, 0.05) is 40.6 Å². The number of likely N-dealkylation sites (tertiary alicyclic amines) is 1. The SMILES string of the molecule is CCOc1cccc(CN2C[C@@H](NC(=O)c3[nH]c4ccc(Cl)cc4c3C)C[C@H]2C(=O)OC)c1O. The van der Waals surface area contributed by atoms with Gasteiger partial charge in [-0.15, -0.1) is 0 Å². The van der Waals surface area contributed by atoms with E-state index in [1.165, 1.54) is 7.11 Å². The number of rotatable bonds is 7. The number of hydrogen-bond acceptors (Lipinski definition) is 6. The molecule has 0 radical (unpaired) electrons. The van der Waals surface area contributed by atoms with Crippen molar-refractivity contribution in [3.05, 3.63) is 58.2 Å². The molecule has 1 amide bonds. The van der Waals surface area contributed by atoms with E-state index < -0.39 is 6.04 Å². The van der Waals surface area contributed by atoms with E-state index in [4.69, 9.17) is 21.1 Å². The van der Waals surface area contributed by atoms with Crippen LogP contribution in [0.2, 0.25) is 5.02 Å². The van der Waals surface area contributed by atoms with Gasteiger partial charge < -0.3 is 24.9 Å². The summed E-state index contributed by atoms with van der Waals surface area (Å²) in [7, 11) is 1.35. The van der Waals surface area contributed by atoms with Crippen LogP contribution in [0.25, 0.3) is 10.9 Å². The van der Waals surface area contributed by atoms with Gasteiger partial charge in [-0.1, -0.05) is 23.7 Å². The minimum Gasteiger partial charge on any atom is -0.504 e. The van der Waals surface area contributed by atoms with E-state index in [1.807, 2.05) is 30.9 Å². The van der Waals surface area contributed by atoms with Gasteiger partial charge in [-0.3, -0.25) is 14.5 Å². The number of phenolic OH excluding ortho intramolecular Hbond substituents is 1. The van der Waals surface area contributed by atoms with Crippen LogP contribution in [0.1, 0.15) is 35.0 Å². The molecule has 1 aliphatic rings. The van der Waals surface area contributed by atoms with Crippen molar-refractivity contribution in [2.45, 2.75) is 38.9 Å². The number of aromatic hydroxyl groups is 1. The van der Waals surface area contributed by atoms with E-state index in [2.05, 4.69) is 10.3 Å². The maximum Gasteiger partial charge on any atom is 0.323 e. The van der Waals surface area contributed by atoms with Gasteiger partial charge in [0.15, 0.2) is 11.5 Å². The van der Waals surface area contributed by atoms with Crippen molar-refractivity contribution in [1.29, 1.82) is 0 Å². The highest BCUT2D eigenvalue weighted by Gasteiger charge is 2.39. The van der Waals surface area contributed by atoms with Gasteiger partial charge in [-0.25, -0.2) is 0 Å². The maximum atomic E-state index is 13.1. The summed E-state index contributed by atoms with van der Waals surface area (Å²) in [4.78, 5) is 30.6. The molecule has 0 aliphatic carbocycles. The molecule has 1 aromatic heterocycles. The standard InChI is InChI=1S/C25H28ClN3O5/c1-4-34-21-7-5-6-15(23(21)30)12-29-13-17(11-20(29)25(32)33-3)27-24(31)22-14(2)18-10-16(26)8-9-19(18)28-22/h5-10,17,20,28,30H,4,11-13H2,1-3H3,(H,27,31)/t17-,20-/m0/s1. The summed E-state index contributed by atoms with van der Waals surface area (Å²) >= 11 is 6.11. The number of methoxy groups -OCH3 is 1. The summed E-state index contributed by atoms with van der Waals surface area (Å²) in [5, 5.41) is 15.1. The number of para-hydroxylation sites is 1. The van der Waals surface area contributed by atoms with Gasteiger partial charge in [-0.2, -0.15) is 0 Å². The molecule has 0 spiro atoms. The molecular weight excluding hydrogens is 458 g/mol. The predicted molar refractivity (Wildman–Crippen MR) is 129 cm³/mol. The molecule has 9 heteroatoms. The summed E-state index contributed by atoms with van der Waals surface area (Å²) in [6.45, 7) is 4.88. The van der Waals surface area contributed by atoms with Crippen molar-refractivity contribution in [3.8, 4) is 11.5 Å². The zero-order valence-corrected chi connectivity index (χ0v) is 20.1. The van der Waals surface area contributed by atoms with Crippen LogP contribution in [0, 0.1) is 6.92 Å². The van der Waals surface area contributed by atoms with Crippen molar-refractivity contribution in [3.63, 3.8) is 0 Å². The molecule has 0 unspecified atom stereocenters. The second-order valence-corrected chi connectivity index (χ2v) is 8.82. The fourth-order valence-electron chi connectivity index (χ4n) is 4.53. The number of benzene rings is 2. The smallest absolute Gasteiger partial charge is 0.323 e. The third-order valence-electron chi connectivity index (χ3n) is 6.22. The Labute approximate surface area is 202 Å². The molecule has 8 nitrogen and oxygen atoms in total. The minimum absolute atomic E-state index is 0.0489. The first-order chi connectivity index (χ1) is 16.3. The Bertz CT molecular complexity index is 1220. The Morgan fingerprint density at radius 3 is 2.82 bits per heavy atom. The van der Waals surface area contributed by atoms with Crippen molar-refractivity contribution in [2.75, 3.05) is 20.3 Å². The number of carbonyl (C=O) groups excluding carboxylic acids is 2. The van der Waals surface area contributed by atoms with Crippen LogP contribution in [-0.4, -0.2) is 59.2 Å². The number of aromatic amines is 1. The van der Waals surface area contributed by atoms with Crippen molar-refractivity contribution < 1.29 is 24.2 Å². The lowest BCUT2D eigenvalue weighted by atomic mass is 10.1. The number of nitrogens with one attached hydrogen (secondary N) is 2. The normalized spacial score (nSPS) is 18.2. The highest BCUT2D eigenvalue weighted by Crippen LogP contribution is 2.33. The highest BCUT2D eigenvalue weighted by atomic mass is 35.5. The first kappa shape index (κ1) is 23.9. The van der Waals surface area contributed by atoms with Gasteiger partial charge in [0.05, 0.1) is 13.7 Å². The molecule has 1 fully saturated rings. The van der Waals surface area contributed by atoms with Crippen molar-refractivity contribution >= 4 is 34.4 Å². The second-order valence-electron chi connectivity index (χ2n) is 8.39. The lowest BCUT2D eigenvalue weighted by molar-refractivity contribution is -0.146. The van der Waals surface area contributed by atoms with E-state index >= 15 is 0 Å². The van der Waals surface area contributed by atoms with Gasteiger partial charge in [0.1, 0.15) is 11.7 Å². The van der Waals surface area contributed by atoms with Crippen molar-refractivity contribution in [2.24, 2.45) is 0 Å². The molecule has 2 atom stereocenters. The lowest BCUT2D eigenvalue weighted by Gasteiger charge is -2.23. The zero-order valence-electron chi connectivity index (χ0n) is 19.4. The Morgan fingerprint density at radius 2 is 2.09 bits per heavy atom. The molecule has 4 rings (SSSR count). The molecule has 2 heterocycles. The van der Waals surface area contributed by atoms with E-state index in [1.54, 1.807) is 24.3 Å². The number of ether oxygens (including phenoxy) is 2. The molecular formula is C25H28ClN3O5. The predicted octanol–water partition coefficient (Wildman–Crippen LogP) is 3.78. The monoisotopic (exact) mass is 485 g/mol. The number of phenols is 1. The Hall–Kier alpha value is -3.23. The molecule has 3 aromatic rings. The number of H-pyrrole nitrogens is 1. The fourth-order valence-corrected chi connectivity index (χ4v) is 4.71. The van der Waals surface area contributed by atoms with Crippen LogP contribution in [0.15, 0.2) is 36.4 Å². The lowest BCUT2D eigenvalue weighted by Crippen LogP contribution is -2.38. The van der Waals surface area contributed by atoms with E-state index in [-0.39, 0.29) is 23.7 Å². The van der Waals surface area contributed by atoms with Gasteiger partial charge >= 0.3 is 5.97 Å². The summed E-state index contributed by atoms with van der Waals surface area (Å²) in [5.74, 6) is -0.184. The van der Waals surface area contributed by atoms with E-state index in [0.29, 0.717) is 48.1 Å². The van der Waals surface area contributed by atoms with Gasteiger partial charge in [-0.05, 0) is 50.1 Å². The van der Waals surface area contributed by atoms with Crippen LogP contribution >= 0.6 is 11.6 Å². The molecule has 1 saturated heterocycles. The molecule has 1 aliphatic heterocycles. The van der Waals surface area contributed by atoms with E-state index in [9.17, 15) is 14.7 Å². The Morgan fingerprint density at radius 1 is 1.29 bits per heavy atom. The van der Waals surface area contributed by atoms with Crippen LogP contribution in [-0.2, 0) is 16.1 Å². The number of aromatic nitrogens is 1. The fraction of sp³-hybridized carbons (Fsp3) is 0.360. The highest BCUT2D eigenvalue weighted by molar-refractivity contribution is 6.31. The summed E-state index contributed by atoms with van der Waals surface area (Å²) in [6, 6.07) is 9.90. The zero-order chi connectivity index (χ0) is 24.4. The first-order valence-electron chi connectivity index (χ1n) is 11.2. The Kier molecular flexibility index (Phi) is 7.00. The number of aryl methyl sites for hydroxylation is 1. The van der Waals surface area contributed by atoms with Gasteiger partial charge in [0.25, 0.3) is 5.91 Å². The number of esters is 1. The average Bonchev–Trinajstić information content (AvgIpc) is 3.36. The second kappa shape index (κ2) is 9.95. The molecule has 34 heavy (non-hydrogen) atoms. The summed E-state index contributed by atoms with van der Waals surface area (Å²) in [5.41, 5.74) is 2.74. The Balaban J connectivity index is 1.52. The molecule has 0 bridgehead atoms. The molecule has 2 aromatic carbocycles.